The third kappa shape index (κ3) is 13600. The standard InChI is InChI=1S/3C3H8O.H3P/c3*1-3(2)4;/h3*3-4H,1-2H3;1H3. The van der Waals surface area contributed by atoms with Crippen molar-refractivity contribution in [2.24, 2.45) is 0 Å². The molecule has 0 radical (unpaired) electrons. The van der Waals surface area contributed by atoms with Crippen molar-refractivity contribution in [1.29, 1.82) is 0 Å². The molecule has 1 atom stereocenters. The highest BCUT2D eigenvalue weighted by Gasteiger charge is 1.70. The summed E-state index contributed by atoms with van der Waals surface area (Å²) in [6, 6.07) is 0. The summed E-state index contributed by atoms with van der Waals surface area (Å²) in [5.74, 6) is 0. The van der Waals surface area contributed by atoms with Gasteiger partial charge in [-0.2, -0.15) is 9.90 Å². The number of hydrogen-bond donors (Lipinski definition) is 3. The van der Waals surface area contributed by atoms with Gasteiger partial charge in [-0.25, -0.2) is 0 Å². The van der Waals surface area contributed by atoms with Crippen LogP contribution in [0.3, 0.4) is 0 Å². The zero-order chi connectivity index (χ0) is 10.7. The van der Waals surface area contributed by atoms with Crippen LogP contribution in [0.5, 0.6) is 0 Å². The van der Waals surface area contributed by atoms with Crippen LogP contribution in [-0.4, -0.2) is 33.6 Å². The summed E-state index contributed by atoms with van der Waals surface area (Å²) in [6.07, 6.45) is -0.500. The predicted molar refractivity (Wildman–Crippen MR) is 63.2 cm³/mol. The van der Waals surface area contributed by atoms with Crippen molar-refractivity contribution in [3.63, 3.8) is 0 Å². The first-order chi connectivity index (χ1) is 5.20. The van der Waals surface area contributed by atoms with Crippen molar-refractivity contribution in [3.8, 4) is 0 Å². The molecule has 3 nitrogen and oxygen atoms in total. The summed E-state index contributed by atoms with van der Waals surface area (Å²) in [5, 5.41) is 24.2. The average molecular weight is 214 g/mol. The van der Waals surface area contributed by atoms with Gasteiger partial charge in [0.05, 0.1) is 0 Å². The van der Waals surface area contributed by atoms with Crippen molar-refractivity contribution in [1.82, 2.24) is 0 Å². The lowest BCUT2D eigenvalue weighted by Gasteiger charge is -1.80. The number of aliphatic hydroxyl groups is 3. The highest BCUT2D eigenvalue weighted by Crippen LogP contribution is 1.65. The Morgan fingerprint density at radius 2 is 0.538 bits per heavy atom. The zero-order valence-corrected chi connectivity index (χ0v) is 11.2. The smallest absolute Gasteiger partial charge is 0.0483 e. The van der Waals surface area contributed by atoms with Gasteiger partial charge in [0.25, 0.3) is 0 Å². The Balaban J connectivity index is -0.0000000450. The molecule has 86 valence electrons. The Bertz CT molecular complexity index is 43.4. The molecule has 0 aliphatic carbocycles. The van der Waals surface area contributed by atoms with E-state index in [-0.39, 0.29) is 28.2 Å². The van der Waals surface area contributed by atoms with Gasteiger partial charge in [-0.05, 0) is 41.5 Å². The molecule has 4 heteroatoms. The van der Waals surface area contributed by atoms with E-state index in [0.717, 1.165) is 0 Å². The van der Waals surface area contributed by atoms with Crippen molar-refractivity contribution >= 4 is 9.90 Å². The fourth-order valence-corrected chi connectivity index (χ4v) is 0. The molecule has 0 saturated heterocycles. The largest absolute Gasteiger partial charge is 0.394 e. The Morgan fingerprint density at radius 1 is 0.538 bits per heavy atom. The monoisotopic (exact) mass is 214 g/mol. The topological polar surface area (TPSA) is 60.7 Å². The van der Waals surface area contributed by atoms with Crippen molar-refractivity contribution < 1.29 is 15.3 Å². The summed E-state index contributed by atoms with van der Waals surface area (Å²) in [4.78, 5) is 0. The molecule has 0 fully saturated rings. The molecule has 0 aliphatic rings. The van der Waals surface area contributed by atoms with Crippen LogP contribution >= 0.6 is 9.90 Å². The molecule has 0 aromatic rings. The van der Waals surface area contributed by atoms with E-state index in [1.165, 1.54) is 0 Å². The molecule has 3 N–H and O–H groups in total. The normalized spacial score (nSPS) is 8.31. The third-order valence-corrected chi connectivity index (χ3v) is 0. The molecule has 0 heterocycles. The van der Waals surface area contributed by atoms with Crippen LogP contribution in [0, 0.1) is 0 Å². The molecular formula is C9H27O3P. The molecular weight excluding hydrogens is 187 g/mol. The molecule has 0 saturated carbocycles. The quantitative estimate of drug-likeness (QED) is 0.531. The molecule has 0 spiro atoms. The van der Waals surface area contributed by atoms with E-state index < -0.39 is 0 Å². The highest BCUT2D eigenvalue weighted by atomic mass is 31.0. The maximum Gasteiger partial charge on any atom is 0.0483 e. The Kier molecular flexibility index (Phi) is 32.5. The van der Waals surface area contributed by atoms with Gasteiger partial charge in [0, 0.05) is 18.3 Å². The lowest BCUT2D eigenvalue weighted by Crippen LogP contribution is -1.85. The van der Waals surface area contributed by atoms with Crippen molar-refractivity contribution in [3.05, 3.63) is 0 Å². The van der Waals surface area contributed by atoms with E-state index in [4.69, 9.17) is 15.3 Å². The Labute approximate surface area is 85.8 Å². The molecule has 0 aromatic heterocycles. The summed E-state index contributed by atoms with van der Waals surface area (Å²) in [7, 11) is 0. The van der Waals surface area contributed by atoms with Gasteiger partial charge in [-0.15, -0.1) is 0 Å². The molecule has 0 aliphatic heterocycles. The summed E-state index contributed by atoms with van der Waals surface area (Å²) < 4.78 is 0. The first-order valence-corrected chi connectivity index (χ1v) is 4.24. The van der Waals surface area contributed by atoms with Crippen LogP contribution in [0.2, 0.25) is 0 Å². The molecule has 0 aromatic carbocycles. The molecule has 0 rings (SSSR count). The van der Waals surface area contributed by atoms with E-state index in [1.54, 1.807) is 41.5 Å². The van der Waals surface area contributed by atoms with E-state index in [2.05, 4.69) is 0 Å². The van der Waals surface area contributed by atoms with Gasteiger partial charge in [0.2, 0.25) is 0 Å². The minimum atomic E-state index is -0.167. The minimum Gasteiger partial charge on any atom is -0.394 e. The Hall–Kier alpha value is 0.310. The minimum absolute atomic E-state index is 0. The SMILES string of the molecule is CC(C)O.CC(C)O.CC(C)O.P. The molecule has 0 amide bonds. The van der Waals surface area contributed by atoms with Crippen molar-refractivity contribution in [2.75, 3.05) is 0 Å². The second-order valence-electron chi connectivity index (χ2n) is 3.28. The number of rotatable bonds is 0. The van der Waals surface area contributed by atoms with Gasteiger partial charge in [0.15, 0.2) is 0 Å². The van der Waals surface area contributed by atoms with Gasteiger partial charge in [-0.1, -0.05) is 0 Å². The predicted octanol–water partition coefficient (Wildman–Crippen LogP) is 1.22. The number of hydrogen-bond acceptors (Lipinski definition) is 3. The average Bonchev–Trinajstić information content (AvgIpc) is 1.54. The van der Waals surface area contributed by atoms with Crippen LogP contribution in [0.25, 0.3) is 0 Å². The third-order valence-electron chi connectivity index (χ3n) is 0. The molecule has 13 heavy (non-hydrogen) atoms. The van der Waals surface area contributed by atoms with Crippen LogP contribution in [0.1, 0.15) is 41.5 Å². The van der Waals surface area contributed by atoms with E-state index >= 15 is 0 Å². The first-order valence-electron chi connectivity index (χ1n) is 4.24. The lowest BCUT2D eigenvalue weighted by atomic mass is 10.5. The fraction of sp³-hybridized carbons (Fsp3) is 1.00. The summed E-state index contributed by atoms with van der Waals surface area (Å²) in [5.41, 5.74) is 0. The molecule has 1 unspecified atom stereocenters. The van der Waals surface area contributed by atoms with E-state index in [1.807, 2.05) is 0 Å². The second kappa shape index (κ2) is 18.2. The first kappa shape index (κ1) is 23.3. The van der Waals surface area contributed by atoms with E-state index in [9.17, 15) is 0 Å². The van der Waals surface area contributed by atoms with Gasteiger partial charge >= 0.3 is 0 Å². The van der Waals surface area contributed by atoms with Gasteiger partial charge in [0.1, 0.15) is 0 Å². The summed E-state index contributed by atoms with van der Waals surface area (Å²) >= 11 is 0. The fourth-order valence-electron chi connectivity index (χ4n) is 0. The van der Waals surface area contributed by atoms with Crippen LogP contribution in [0.4, 0.5) is 0 Å². The highest BCUT2D eigenvalue weighted by molar-refractivity contribution is 6.92. The van der Waals surface area contributed by atoms with Gasteiger partial charge in [-0.3, -0.25) is 0 Å². The van der Waals surface area contributed by atoms with Gasteiger partial charge < -0.3 is 15.3 Å². The number of aliphatic hydroxyl groups excluding tert-OH is 3. The Morgan fingerprint density at radius 3 is 0.538 bits per heavy atom. The van der Waals surface area contributed by atoms with E-state index in [0.29, 0.717) is 0 Å². The second-order valence-corrected chi connectivity index (χ2v) is 3.28. The van der Waals surface area contributed by atoms with Crippen molar-refractivity contribution in [2.45, 2.75) is 59.9 Å². The molecule has 0 bridgehead atoms. The summed E-state index contributed by atoms with van der Waals surface area (Å²) in [6.45, 7) is 10.3. The maximum absolute atomic E-state index is 8.06. The van der Waals surface area contributed by atoms with Crippen LogP contribution in [0.15, 0.2) is 0 Å². The zero-order valence-electron chi connectivity index (χ0n) is 9.78. The van der Waals surface area contributed by atoms with Crippen LogP contribution in [-0.2, 0) is 0 Å². The van der Waals surface area contributed by atoms with Crippen LogP contribution < -0.4 is 0 Å². The lowest BCUT2D eigenvalue weighted by molar-refractivity contribution is 0.215. The maximum atomic E-state index is 8.06.